The second-order valence-electron chi connectivity index (χ2n) is 12.5. The first-order valence-corrected chi connectivity index (χ1v) is 18.2. The van der Waals surface area contributed by atoms with E-state index in [0.717, 1.165) is 11.4 Å². The van der Waals surface area contributed by atoms with Crippen molar-refractivity contribution >= 4 is 90.9 Å². The van der Waals surface area contributed by atoms with Gasteiger partial charge >= 0.3 is 0 Å². The molecule has 0 atom stereocenters. The molecule has 0 radical (unpaired) electrons. The summed E-state index contributed by atoms with van der Waals surface area (Å²) in [7, 11) is 0. The van der Waals surface area contributed by atoms with E-state index in [4.69, 9.17) is 0 Å². The molecule has 8 aromatic carbocycles. The molecule has 0 spiro atoms. The van der Waals surface area contributed by atoms with Crippen molar-refractivity contribution in [1.82, 2.24) is 0 Å². The molecule has 0 saturated heterocycles. The van der Waals surface area contributed by atoms with Gasteiger partial charge in [0.1, 0.15) is 0 Å². The predicted octanol–water partition coefficient (Wildman–Crippen LogP) is 14.4. The summed E-state index contributed by atoms with van der Waals surface area (Å²) < 4.78 is 5.29. The van der Waals surface area contributed by atoms with Crippen molar-refractivity contribution in [3.05, 3.63) is 176 Å². The highest BCUT2D eigenvalue weighted by Crippen LogP contribution is 2.45. The minimum Gasteiger partial charge on any atom is -0.309 e. The van der Waals surface area contributed by atoms with E-state index in [1.54, 1.807) is 0 Å². The van der Waals surface area contributed by atoms with Gasteiger partial charge in [0.05, 0.1) is 10.4 Å². The number of benzene rings is 8. The van der Waals surface area contributed by atoms with Gasteiger partial charge in [0, 0.05) is 47.0 Å². The lowest BCUT2D eigenvalue weighted by molar-refractivity contribution is 1.30. The van der Waals surface area contributed by atoms with Gasteiger partial charge in [0.25, 0.3) is 0 Å². The molecule has 0 unspecified atom stereocenters. The van der Waals surface area contributed by atoms with Gasteiger partial charge in [-0.05, 0) is 87.6 Å². The Balaban J connectivity index is 1.08. The van der Waals surface area contributed by atoms with Crippen molar-refractivity contribution in [3.63, 3.8) is 0 Å². The van der Waals surface area contributed by atoms with Crippen LogP contribution in [-0.4, -0.2) is 0 Å². The molecule has 0 amide bonds. The lowest BCUT2D eigenvalue weighted by Crippen LogP contribution is -2.10. The Morgan fingerprint density at radius 1 is 0.347 bits per heavy atom. The molecule has 10 aromatic rings. The van der Waals surface area contributed by atoms with Crippen LogP contribution in [-0.2, 0) is 0 Å². The van der Waals surface area contributed by atoms with Crippen molar-refractivity contribution < 1.29 is 0 Å². The van der Waals surface area contributed by atoms with Crippen LogP contribution in [0.5, 0.6) is 0 Å². The molecular weight excluding hydrogens is 631 g/mol. The average Bonchev–Trinajstić information content (AvgIpc) is 3.75. The largest absolute Gasteiger partial charge is 0.309 e. The van der Waals surface area contributed by atoms with Crippen molar-refractivity contribution in [2.75, 3.05) is 4.90 Å². The van der Waals surface area contributed by atoms with E-state index >= 15 is 0 Å². The maximum atomic E-state index is 2.41. The van der Waals surface area contributed by atoms with E-state index in [1.807, 2.05) is 22.7 Å². The predicted molar refractivity (Wildman–Crippen MR) is 215 cm³/mol. The highest BCUT2D eigenvalue weighted by Gasteiger charge is 2.18. The summed E-state index contributed by atoms with van der Waals surface area (Å²) in [4.78, 5) is 2.41. The summed E-state index contributed by atoms with van der Waals surface area (Å²) in [5, 5.41) is 7.90. The summed E-state index contributed by atoms with van der Waals surface area (Å²) in [6, 6.07) is 64.3. The highest BCUT2D eigenvalue weighted by molar-refractivity contribution is 7.26. The van der Waals surface area contributed by atoms with E-state index < -0.39 is 0 Å². The van der Waals surface area contributed by atoms with Crippen LogP contribution in [0.1, 0.15) is 0 Å². The SMILES string of the molecule is c1ccc(-c2ccc(N(c3ccc(-c4ccc5c(ccc6sc7ccccc7c65)c4)cc3)c3cccc4c3sc3ccccc34)cc2)cc1. The minimum atomic E-state index is 1.13. The zero-order valence-electron chi connectivity index (χ0n) is 26.5. The summed E-state index contributed by atoms with van der Waals surface area (Å²) in [5.74, 6) is 0. The maximum absolute atomic E-state index is 2.41. The first-order chi connectivity index (χ1) is 24.3. The number of thiophene rings is 2. The molecule has 0 bridgehead atoms. The Bertz CT molecular complexity index is 2810. The fourth-order valence-electron chi connectivity index (χ4n) is 7.31. The molecule has 0 aliphatic heterocycles. The molecule has 49 heavy (non-hydrogen) atoms. The van der Waals surface area contributed by atoms with Gasteiger partial charge in [-0.2, -0.15) is 0 Å². The number of fused-ring (bicyclic) bond motifs is 8. The molecule has 230 valence electrons. The summed E-state index contributed by atoms with van der Waals surface area (Å²) in [6.45, 7) is 0. The fourth-order valence-corrected chi connectivity index (χ4v) is 9.63. The zero-order chi connectivity index (χ0) is 32.3. The number of hydrogen-bond donors (Lipinski definition) is 0. The van der Waals surface area contributed by atoms with E-state index in [0.29, 0.717) is 0 Å². The molecule has 0 N–H and O–H groups in total. The average molecular weight is 660 g/mol. The van der Waals surface area contributed by atoms with Crippen molar-refractivity contribution in [1.29, 1.82) is 0 Å². The Morgan fingerprint density at radius 2 is 0.939 bits per heavy atom. The number of rotatable bonds is 5. The quantitative estimate of drug-likeness (QED) is 0.178. The van der Waals surface area contributed by atoms with Crippen LogP contribution in [0.25, 0.3) is 73.4 Å². The first kappa shape index (κ1) is 28.3. The highest BCUT2D eigenvalue weighted by atomic mass is 32.1. The Morgan fingerprint density at radius 3 is 1.69 bits per heavy atom. The van der Waals surface area contributed by atoms with E-state index in [2.05, 4.69) is 181 Å². The van der Waals surface area contributed by atoms with Crippen molar-refractivity contribution in [3.8, 4) is 22.3 Å². The summed E-state index contributed by atoms with van der Waals surface area (Å²) in [5.41, 5.74) is 8.33. The van der Waals surface area contributed by atoms with Gasteiger partial charge in [0.15, 0.2) is 0 Å². The van der Waals surface area contributed by atoms with Crippen LogP contribution >= 0.6 is 22.7 Å². The van der Waals surface area contributed by atoms with Crippen LogP contribution in [0.2, 0.25) is 0 Å². The van der Waals surface area contributed by atoms with Gasteiger partial charge < -0.3 is 4.90 Å². The standard InChI is InChI=1S/C46H29NS2/c1-2-9-30(10-3-1)31-17-23-35(24-18-31)47(41-14-8-13-39-38-11-4-6-15-42(38)49-46(39)41)36-25-19-32(20-26-36)33-21-27-37-34(29-33)22-28-44-45(37)40-12-5-7-16-43(40)48-44/h1-29H. The lowest BCUT2D eigenvalue weighted by Gasteiger charge is -2.26. The molecule has 3 heteroatoms. The fraction of sp³-hybridized carbons (Fsp3) is 0. The van der Waals surface area contributed by atoms with Gasteiger partial charge in [-0.3, -0.25) is 0 Å². The first-order valence-electron chi connectivity index (χ1n) is 16.6. The number of nitrogens with zero attached hydrogens (tertiary/aromatic N) is 1. The molecule has 10 rings (SSSR count). The molecular formula is C46H29NS2. The van der Waals surface area contributed by atoms with Crippen molar-refractivity contribution in [2.24, 2.45) is 0 Å². The van der Waals surface area contributed by atoms with E-state index in [1.165, 1.54) is 79.1 Å². The smallest absolute Gasteiger partial charge is 0.0640 e. The lowest BCUT2D eigenvalue weighted by atomic mass is 9.98. The van der Waals surface area contributed by atoms with Crippen LogP contribution in [0, 0.1) is 0 Å². The monoisotopic (exact) mass is 659 g/mol. The Hall–Kier alpha value is -5.74. The summed E-state index contributed by atoms with van der Waals surface area (Å²) in [6.07, 6.45) is 0. The summed E-state index contributed by atoms with van der Waals surface area (Å²) >= 11 is 3.74. The molecule has 0 aliphatic carbocycles. The normalized spacial score (nSPS) is 11.7. The molecule has 0 saturated carbocycles. The van der Waals surface area contributed by atoms with Gasteiger partial charge in [0.2, 0.25) is 0 Å². The topological polar surface area (TPSA) is 3.24 Å². The van der Waals surface area contributed by atoms with Gasteiger partial charge in [-0.25, -0.2) is 0 Å². The van der Waals surface area contributed by atoms with Crippen LogP contribution < -0.4 is 4.90 Å². The molecule has 1 nitrogen and oxygen atoms in total. The minimum absolute atomic E-state index is 1.13. The van der Waals surface area contributed by atoms with Crippen LogP contribution in [0.15, 0.2) is 176 Å². The van der Waals surface area contributed by atoms with Gasteiger partial charge in [-0.15, -0.1) is 22.7 Å². The Labute approximate surface area is 292 Å². The van der Waals surface area contributed by atoms with E-state index in [9.17, 15) is 0 Å². The molecule has 0 fully saturated rings. The third-order valence-corrected chi connectivity index (χ3v) is 12.0. The molecule has 2 heterocycles. The second-order valence-corrected chi connectivity index (χ2v) is 14.7. The third kappa shape index (κ3) is 4.74. The van der Waals surface area contributed by atoms with Crippen LogP contribution in [0.3, 0.4) is 0 Å². The zero-order valence-corrected chi connectivity index (χ0v) is 28.1. The maximum Gasteiger partial charge on any atom is 0.0640 e. The number of hydrogen-bond acceptors (Lipinski definition) is 3. The van der Waals surface area contributed by atoms with Gasteiger partial charge in [-0.1, -0.05) is 121 Å². The van der Waals surface area contributed by atoms with Crippen molar-refractivity contribution in [2.45, 2.75) is 0 Å². The van der Waals surface area contributed by atoms with Crippen LogP contribution in [0.4, 0.5) is 17.1 Å². The number of anilines is 3. The Kier molecular flexibility index (Phi) is 6.61. The van der Waals surface area contributed by atoms with E-state index in [-0.39, 0.29) is 0 Å². The molecule has 0 aliphatic rings. The second kappa shape index (κ2) is 11.5. The molecule has 2 aromatic heterocycles. The third-order valence-electron chi connectivity index (χ3n) is 9.67.